The second-order valence-corrected chi connectivity index (χ2v) is 7.68. The van der Waals surface area contributed by atoms with Gasteiger partial charge in [0.2, 0.25) is 5.91 Å². The first-order valence-electron chi connectivity index (χ1n) is 9.04. The summed E-state index contributed by atoms with van der Waals surface area (Å²) in [6, 6.07) is 6.13. The summed E-state index contributed by atoms with van der Waals surface area (Å²) >= 11 is 1.61. The molecule has 1 atom stereocenters. The van der Waals surface area contributed by atoms with E-state index in [1.165, 1.54) is 0 Å². The molecule has 0 radical (unpaired) electrons. The highest BCUT2D eigenvalue weighted by molar-refractivity contribution is 7.16. The van der Waals surface area contributed by atoms with Crippen LogP contribution in [0.5, 0.6) is 0 Å². The van der Waals surface area contributed by atoms with Gasteiger partial charge in [-0.1, -0.05) is 6.07 Å². The van der Waals surface area contributed by atoms with Crippen molar-refractivity contribution in [2.45, 2.75) is 45.2 Å². The summed E-state index contributed by atoms with van der Waals surface area (Å²) in [4.78, 5) is 30.8. The lowest BCUT2D eigenvalue weighted by atomic mass is 9.88. The molecule has 0 aliphatic carbocycles. The molecular formula is C19H25N3O3S. The summed E-state index contributed by atoms with van der Waals surface area (Å²) < 4.78 is 6.12. The molecule has 3 rings (SSSR count). The van der Waals surface area contributed by atoms with Crippen LogP contribution in [0.25, 0.3) is 10.2 Å². The van der Waals surface area contributed by atoms with E-state index in [1.54, 1.807) is 18.3 Å². The van der Waals surface area contributed by atoms with E-state index in [4.69, 9.17) is 4.74 Å². The zero-order chi connectivity index (χ0) is 18.6. The Balaban J connectivity index is 1.69. The van der Waals surface area contributed by atoms with Gasteiger partial charge in [-0.15, -0.1) is 11.3 Å². The fraction of sp³-hybridized carbons (Fsp3) is 0.526. The number of carbonyl (C=O) groups is 2. The van der Waals surface area contributed by atoms with Gasteiger partial charge in [0, 0.05) is 19.5 Å². The number of benzene rings is 1. The van der Waals surface area contributed by atoms with Gasteiger partial charge in [-0.3, -0.25) is 9.59 Å². The molecule has 0 saturated carbocycles. The number of ether oxygens (including phenoxy) is 1. The van der Waals surface area contributed by atoms with Gasteiger partial charge < -0.3 is 15.0 Å². The smallest absolute Gasteiger partial charge is 0.305 e. The monoisotopic (exact) mass is 375 g/mol. The maximum atomic E-state index is 13.0. The maximum absolute atomic E-state index is 13.0. The van der Waals surface area contributed by atoms with Crippen molar-refractivity contribution in [2.24, 2.45) is 0 Å². The Morgan fingerprint density at radius 2 is 2.23 bits per heavy atom. The molecule has 7 heteroatoms. The number of hydrogen-bond donors (Lipinski definition) is 1. The van der Waals surface area contributed by atoms with Crippen LogP contribution < -0.4 is 5.32 Å². The third-order valence-corrected chi connectivity index (χ3v) is 5.59. The van der Waals surface area contributed by atoms with Crippen molar-refractivity contribution in [3.05, 3.63) is 29.3 Å². The van der Waals surface area contributed by atoms with Gasteiger partial charge in [0.1, 0.15) is 0 Å². The maximum Gasteiger partial charge on any atom is 0.305 e. The zero-order valence-electron chi connectivity index (χ0n) is 15.3. The van der Waals surface area contributed by atoms with Crippen LogP contribution in [0.1, 0.15) is 38.7 Å². The number of esters is 1. The predicted molar refractivity (Wildman–Crippen MR) is 102 cm³/mol. The number of nitrogens with one attached hydrogen (secondary N) is 1. The highest BCUT2D eigenvalue weighted by atomic mass is 32.1. The molecule has 1 aromatic heterocycles. The minimum atomic E-state index is -0.491. The third kappa shape index (κ3) is 4.22. The van der Waals surface area contributed by atoms with Gasteiger partial charge in [-0.2, -0.15) is 0 Å². The van der Waals surface area contributed by atoms with Gasteiger partial charge in [-0.25, -0.2) is 4.98 Å². The van der Waals surface area contributed by atoms with E-state index in [2.05, 4.69) is 10.3 Å². The first-order chi connectivity index (χ1) is 12.5. The molecule has 1 saturated heterocycles. The van der Waals surface area contributed by atoms with Crippen LogP contribution in [-0.4, -0.2) is 47.0 Å². The second-order valence-electron chi connectivity index (χ2n) is 6.80. The lowest BCUT2D eigenvalue weighted by molar-refractivity contribution is -0.145. The van der Waals surface area contributed by atoms with Crippen LogP contribution in [0.4, 0.5) is 0 Å². The zero-order valence-corrected chi connectivity index (χ0v) is 16.1. The Bertz CT molecular complexity index is 785. The second kappa shape index (κ2) is 8.14. The van der Waals surface area contributed by atoms with Gasteiger partial charge >= 0.3 is 5.97 Å². The molecule has 0 bridgehead atoms. The van der Waals surface area contributed by atoms with E-state index in [1.807, 2.05) is 35.5 Å². The molecule has 1 aliphatic heterocycles. The fourth-order valence-corrected chi connectivity index (χ4v) is 3.81. The van der Waals surface area contributed by atoms with Crippen LogP contribution in [0, 0.1) is 0 Å². The molecule has 6 nitrogen and oxygen atoms in total. The summed E-state index contributed by atoms with van der Waals surface area (Å²) in [7, 11) is 0. The molecule has 1 aromatic carbocycles. The minimum absolute atomic E-state index is 0.0889. The molecule has 2 aromatic rings. The van der Waals surface area contributed by atoms with Crippen LogP contribution in [-0.2, 0) is 20.9 Å². The number of aromatic nitrogens is 1. The van der Waals surface area contributed by atoms with Gasteiger partial charge in [0.25, 0.3) is 0 Å². The summed E-state index contributed by atoms with van der Waals surface area (Å²) in [6.45, 7) is 6.05. The Morgan fingerprint density at radius 1 is 1.42 bits per heavy atom. The third-order valence-electron chi connectivity index (χ3n) is 4.78. The van der Waals surface area contributed by atoms with E-state index >= 15 is 0 Å². The quantitative estimate of drug-likeness (QED) is 0.719. The molecule has 140 valence electrons. The van der Waals surface area contributed by atoms with E-state index in [0.717, 1.165) is 28.7 Å². The molecule has 0 spiro atoms. The van der Waals surface area contributed by atoms with E-state index in [-0.39, 0.29) is 11.9 Å². The van der Waals surface area contributed by atoms with Crippen molar-refractivity contribution in [1.82, 2.24) is 15.2 Å². The Hall–Kier alpha value is -1.99. The Morgan fingerprint density at radius 3 is 2.92 bits per heavy atom. The Labute approximate surface area is 157 Å². The summed E-state index contributed by atoms with van der Waals surface area (Å²) in [6.07, 6.45) is 1.76. The van der Waals surface area contributed by atoms with Crippen LogP contribution in [0.15, 0.2) is 23.7 Å². The lowest BCUT2D eigenvalue weighted by Gasteiger charge is -2.42. The van der Waals surface area contributed by atoms with Crippen molar-refractivity contribution in [3.63, 3.8) is 0 Å². The van der Waals surface area contributed by atoms with Gasteiger partial charge in [-0.05, 0) is 50.9 Å². The number of hydrogen-bond acceptors (Lipinski definition) is 6. The highest BCUT2D eigenvalue weighted by Gasteiger charge is 2.41. The number of nitrogens with zero attached hydrogens (tertiary/aromatic N) is 2. The first kappa shape index (κ1) is 18.8. The number of amides is 1. The molecule has 1 unspecified atom stereocenters. The lowest BCUT2D eigenvalue weighted by Crippen LogP contribution is -2.64. The van der Waals surface area contributed by atoms with E-state index in [9.17, 15) is 9.59 Å². The fourth-order valence-electron chi connectivity index (χ4n) is 3.15. The van der Waals surface area contributed by atoms with Gasteiger partial charge in [0.05, 0.1) is 27.9 Å². The van der Waals surface area contributed by atoms with Crippen LogP contribution in [0.2, 0.25) is 0 Å². The summed E-state index contributed by atoms with van der Waals surface area (Å²) in [5, 5.41) is 3.24. The van der Waals surface area contributed by atoms with Crippen LogP contribution >= 0.6 is 11.3 Å². The number of rotatable bonds is 8. The molecule has 1 aliphatic rings. The first-order valence-corrected chi connectivity index (χ1v) is 9.92. The number of carbonyl (C=O) groups excluding carboxylic acids is 2. The molecular weight excluding hydrogens is 350 g/mol. The SMILES string of the molecule is CCOC(=O)CCCN(Cc1ccc2scnc2c1)C(=O)C1(C)CCN1. The summed E-state index contributed by atoms with van der Waals surface area (Å²) in [5.74, 6) is -0.122. The Kier molecular flexibility index (Phi) is 5.88. The highest BCUT2D eigenvalue weighted by Crippen LogP contribution is 2.24. The minimum Gasteiger partial charge on any atom is -0.466 e. The molecule has 2 heterocycles. The van der Waals surface area contributed by atoms with Crippen molar-refractivity contribution in [1.29, 1.82) is 0 Å². The molecule has 1 amide bonds. The van der Waals surface area contributed by atoms with E-state index in [0.29, 0.717) is 32.5 Å². The predicted octanol–water partition coefficient (Wildman–Crippen LogP) is 2.72. The number of thiazole rings is 1. The topological polar surface area (TPSA) is 71.5 Å². The normalized spacial score (nSPS) is 19.2. The van der Waals surface area contributed by atoms with Crippen molar-refractivity contribution >= 4 is 33.4 Å². The van der Waals surface area contributed by atoms with Crippen molar-refractivity contribution in [3.8, 4) is 0 Å². The molecule has 26 heavy (non-hydrogen) atoms. The standard InChI is InChI=1S/C19H25N3O3S/c1-3-25-17(23)5-4-10-22(18(24)19(2)8-9-21-19)12-14-6-7-16-15(11-14)20-13-26-16/h6-7,11,13,21H,3-5,8-10,12H2,1-2H3. The largest absolute Gasteiger partial charge is 0.466 e. The number of fused-ring (bicyclic) bond motifs is 1. The van der Waals surface area contributed by atoms with Crippen molar-refractivity contribution in [2.75, 3.05) is 19.7 Å². The van der Waals surface area contributed by atoms with Gasteiger partial charge in [0.15, 0.2) is 0 Å². The van der Waals surface area contributed by atoms with Crippen molar-refractivity contribution < 1.29 is 14.3 Å². The average Bonchev–Trinajstić information content (AvgIpc) is 3.06. The summed E-state index contributed by atoms with van der Waals surface area (Å²) in [5.41, 5.74) is 3.35. The average molecular weight is 375 g/mol. The molecule has 1 fully saturated rings. The van der Waals surface area contributed by atoms with E-state index < -0.39 is 5.54 Å². The molecule has 1 N–H and O–H groups in total. The van der Waals surface area contributed by atoms with Crippen LogP contribution in [0.3, 0.4) is 0 Å².